The number of benzene rings is 2. The maximum atomic E-state index is 13.3. The molecule has 0 saturated carbocycles. The number of hydrogen-bond acceptors (Lipinski definition) is 8. The van der Waals surface area contributed by atoms with Crippen LogP contribution in [0.2, 0.25) is 0 Å². The molecule has 0 unspecified atom stereocenters. The molecule has 2 heterocycles. The number of nitro benzene ring substituents is 1. The normalized spacial score (nSPS) is 13.3. The number of amides is 1. The van der Waals surface area contributed by atoms with Gasteiger partial charge in [0.1, 0.15) is 17.3 Å². The lowest BCUT2D eigenvalue weighted by atomic mass is 10.1. The summed E-state index contributed by atoms with van der Waals surface area (Å²) in [5.41, 5.74) is 0.327. The van der Waals surface area contributed by atoms with E-state index in [4.69, 9.17) is 9.47 Å². The van der Waals surface area contributed by atoms with Crippen LogP contribution in [0.15, 0.2) is 66.9 Å². The van der Waals surface area contributed by atoms with Crippen molar-refractivity contribution in [3.63, 3.8) is 0 Å². The largest absolute Gasteiger partial charge is 0.462 e. The van der Waals surface area contributed by atoms with Gasteiger partial charge in [-0.3, -0.25) is 14.9 Å². The molecule has 1 fully saturated rings. The monoisotopic (exact) mass is 476 g/mol. The summed E-state index contributed by atoms with van der Waals surface area (Å²) in [7, 11) is 0. The van der Waals surface area contributed by atoms with E-state index in [1.807, 2.05) is 11.0 Å². The zero-order valence-corrected chi connectivity index (χ0v) is 19.1. The fraction of sp³-hybridized carbons (Fsp3) is 0.240. The predicted octanol–water partition coefficient (Wildman–Crippen LogP) is 3.92. The van der Waals surface area contributed by atoms with Crippen LogP contribution in [0, 0.1) is 10.1 Å². The molecule has 1 amide bonds. The summed E-state index contributed by atoms with van der Waals surface area (Å²) in [5.74, 6) is 0.703. The van der Waals surface area contributed by atoms with Crippen molar-refractivity contribution in [2.24, 2.45) is 0 Å². The molecule has 10 nitrogen and oxygen atoms in total. The molecule has 180 valence electrons. The third-order valence-corrected chi connectivity index (χ3v) is 5.53. The van der Waals surface area contributed by atoms with Crippen LogP contribution >= 0.6 is 0 Å². The standard InChI is InChI=1S/C25H24N4O6/c1-2-34-25(31)18-8-11-23(26-17-18)27-12-14-28(15-13-27)24(30)21-16-19(29(32)33)9-10-22(21)35-20-6-4-3-5-7-20/h3-11,16-17H,2,12-15H2,1H3. The average Bonchev–Trinajstić information content (AvgIpc) is 2.89. The SMILES string of the molecule is CCOC(=O)c1ccc(N2CCN(C(=O)c3cc([N+](=O)[O-])ccc3Oc3ccccc3)CC2)nc1. The first-order chi connectivity index (χ1) is 17.0. The fourth-order valence-electron chi connectivity index (χ4n) is 3.72. The molecular formula is C25H24N4O6. The molecule has 0 atom stereocenters. The number of hydrogen-bond donors (Lipinski definition) is 0. The Morgan fingerprint density at radius 3 is 2.40 bits per heavy atom. The van der Waals surface area contributed by atoms with E-state index in [9.17, 15) is 19.7 Å². The zero-order chi connectivity index (χ0) is 24.8. The van der Waals surface area contributed by atoms with Gasteiger partial charge in [0.25, 0.3) is 11.6 Å². The molecule has 1 aliphatic rings. The average molecular weight is 476 g/mol. The second kappa shape index (κ2) is 10.6. The number of anilines is 1. The number of non-ortho nitro benzene ring substituents is 1. The van der Waals surface area contributed by atoms with Gasteiger partial charge in [0.05, 0.1) is 22.7 Å². The van der Waals surface area contributed by atoms with E-state index in [-0.39, 0.29) is 22.9 Å². The molecule has 0 N–H and O–H groups in total. The smallest absolute Gasteiger partial charge is 0.339 e. The Kier molecular flexibility index (Phi) is 7.20. The number of carbonyl (C=O) groups excluding carboxylic acids is 2. The minimum atomic E-state index is -0.535. The van der Waals surface area contributed by atoms with Crippen LogP contribution in [0.4, 0.5) is 11.5 Å². The van der Waals surface area contributed by atoms with Crippen molar-refractivity contribution in [3.8, 4) is 11.5 Å². The first-order valence-electron chi connectivity index (χ1n) is 11.1. The van der Waals surface area contributed by atoms with Gasteiger partial charge in [-0.05, 0) is 37.3 Å². The summed E-state index contributed by atoms with van der Waals surface area (Å²) in [5, 5.41) is 11.3. The lowest BCUT2D eigenvalue weighted by molar-refractivity contribution is -0.384. The van der Waals surface area contributed by atoms with Gasteiger partial charge in [-0.2, -0.15) is 0 Å². The summed E-state index contributed by atoms with van der Waals surface area (Å²) in [6.07, 6.45) is 1.47. The molecule has 10 heteroatoms. The second-order valence-corrected chi connectivity index (χ2v) is 7.76. The molecule has 1 aliphatic heterocycles. The van der Waals surface area contributed by atoms with Crippen LogP contribution in [-0.2, 0) is 4.74 Å². The molecule has 4 rings (SSSR count). The van der Waals surface area contributed by atoms with Crippen molar-refractivity contribution in [1.82, 2.24) is 9.88 Å². The Morgan fingerprint density at radius 2 is 1.77 bits per heavy atom. The van der Waals surface area contributed by atoms with E-state index in [1.54, 1.807) is 48.2 Å². The quantitative estimate of drug-likeness (QED) is 0.286. The lowest BCUT2D eigenvalue weighted by Gasteiger charge is -2.35. The highest BCUT2D eigenvalue weighted by atomic mass is 16.6. The Bertz CT molecular complexity index is 1210. The minimum absolute atomic E-state index is 0.133. The molecule has 3 aromatic rings. The van der Waals surface area contributed by atoms with Crippen LogP contribution in [0.1, 0.15) is 27.6 Å². The van der Waals surface area contributed by atoms with Gasteiger partial charge in [-0.25, -0.2) is 9.78 Å². The van der Waals surface area contributed by atoms with Crippen LogP contribution in [0.25, 0.3) is 0 Å². The van der Waals surface area contributed by atoms with Crippen molar-refractivity contribution < 1.29 is 24.0 Å². The third-order valence-electron chi connectivity index (χ3n) is 5.53. The second-order valence-electron chi connectivity index (χ2n) is 7.76. The van der Waals surface area contributed by atoms with Gasteiger partial charge in [0.2, 0.25) is 0 Å². The Morgan fingerprint density at radius 1 is 1.03 bits per heavy atom. The van der Waals surface area contributed by atoms with Crippen LogP contribution < -0.4 is 9.64 Å². The number of nitrogens with zero attached hydrogens (tertiary/aromatic N) is 4. The number of aromatic nitrogens is 1. The van der Waals surface area contributed by atoms with Gasteiger partial charge in [0.15, 0.2) is 0 Å². The molecule has 0 spiro atoms. The third kappa shape index (κ3) is 5.55. The maximum Gasteiger partial charge on any atom is 0.339 e. The van der Waals surface area contributed by atoms with Crippen molar-refractivity contribution in [2.45, 2.75) is 6.92 Å². The lowest BCUT2D eigenvalue weighted by Crippen LogP contribution is -2.49. The van der Waals surface area contributed by atoms with E-state index in [2.05, 4.69) is 4.98 Å². The highest BCUT2D eigenvalue weighted by molar-refractivity contribution is 5.98. The molecule has 1 saturated heterocycles. The van der Waals surface area contributed by atoms with Crippen LogP contribution in [-0.4, -0.2) is 59.5 Å². The number of nitro groups is 1. The van der Waals surface area contributed by atoms with E-state index < -0.39 is 10.9 Å². The summed E-state index contributed by atoms with van der Waals surface area (Å²) < 4.78 is 10.8. The van der Waals surface area contributed by atoms with Gasteiger partial charge in [-0.1, -0.05) is 18.2 Å². The number of esters is 1. The molecule has 35 heavy (non-hydrogen) atoms. The number of para-hydroxylation sites is 1. The Hall–Kier alpha value is -4.47. The Labute approximate surface area is 201 Å². The molecular weight excluding hydrogens is 452 g/mol. The topological polar surface area (TPSA) is 115 Å². The molecule has 2 aromatic carbocycles. The van der Waals surface area contributed by atoms with Gasteiger partial charge in [-0.15, -0.1) is 0 Å². The molecule has 1 aromatic heterocycles. The van der Waals surface area contributed by atoms with Crippen molar-refractivity contribution >= 4 is 23.4 Å². The summed E-state index contributed by atoms with van der Waals surface area (Å²) in [4.78, 5) is 44.0. The molecule has 0 bridgehead atoms. The number of ether oxygens (including phenoxy) is 2. The van der Waals surface area contributed by atoms with E-state index in [0.717, 1.165) is 0 Å². The maximum absolute atomic E-state index is 13.3. The highest BCUT2D eigenvalue weighted by Gasteiger charge is 2.27. The van der Waals surface area contributed by atoms with Crippen molar-refractivity contribution in [2.75, 3.05) is 37.7 Å². The Balaban J connectivity index is 1.47. The predicted molar refractivity (Wildman–Crippen MR) is 128 cm³/mol. The van der Waals surface area contributed by atoms with Crippen molar-refractivity contribution in [1.29, 1.82) is 0 Å². The number of piperazine rings is 1. The van der Waals surface area contributed by atoms with Crippen LogP contribution in [0.3, 0.4) is 0 Å². The number of carbonyl (C=O) groups is 2. The summed E-state index contributed by atoms with van der Waals surface area (Å²) in [6.45, 7) is 3.86. The number of pyridine rings is 1. The van der Waals surface area contributed by atoms with Gasteiger partial charge in [0, 0.05) is 44.5 Å². The van der Waals surface area contributed by atoms with Crippen LogP contribution in [0.5, 0.6) is 11.5 Å². The minimum Gasteiger partial charge on any atom is -0.462 e. The molecule has 0 radical (unpaired) electrons. The first kappa shape index (κ1) is 23.7. The van der Waals surface area contributed by atoms with Gasteiger partial charge >= 0.3 is 5.97 Å². The fourth-order valence-corrected chi connectivity index (χ4v) is 3.72. The van der Waals surface area contributed by atoms with E-state index in [0.29, 0.717) is 49.9 Å². The zero-order valence-electron chi connectivity index (χ0n) is 19.1. The molecule has 0 aliphatic carbocycles. The van der Waals surface area contributed by atoms with Gasteiger partial charge < -0.3 is 19.3 Å². The summed E-state index contributed by atoms with van der Waals surface area (Å²) >= 11 is 0. The van der Waals surface area contributed by atoms with E-state index in [1.165, 1.54) is 24.4 Å². The van der Waals surface area contributed by atoms with Crippen molar-refractivity contribution in [3.05, 3.63) is 88.1 Å². The first-order valence-corrected chi connectivity index (χ1v) is 11.1. The summed E-state index contributed by atoms with van der Waals surface area (Å²) in [6, 6.07) is 16.4. The van der Waals surface area contributed by atoms with E-state index >= 15 is 0 Å². The highest BCUT2D eigenvalue weighted by Crippen LogP contribution is 2.30. The number of rotatable bonds is 7.